The monoisotopic (exact) mass is 417 g/mol. The lowest BCUT2D eigenvalue weighted by molar-refractivity contribution is -0.122. The molecule has 2 aromatic carbocycles. The Morgan fingerprint density at radius 1 is 1.14 bits per heavy atom. The van der Waals surface area contributed by atoms with E-state index < -0.39 is 10.0 Å². The van der Waals surface area contributed by atoms with Gasteiger partial charge in [0.2, 0.25) is 10.0 Å². The van der Waals surface area contributed by atoms with Crippen LogP contribution in [-0.4, -0.2) is 27.0 Å². The quantitative estimate of drug-likeness (QED) is 0.516. The Balaban J connectivity index is 1.50. The minimum Gasteiger partial charge on any atom is -0.483 e. The van der Waals surface area contributed by atoms with Crippen LogP contribution in [0, 0.1) is 0 Å². The van der Waals surface area contributed by atoms with Crippen molar-refractivity contribution >= 4 is 21.6 Å². The van der Waals surface area contributed by atoms with Crippen molar-refractivity contribution in [2.24, 2.45) is 0 Å². The molecule has 1 aliphatic rings. The highest BCUT2D eigenvalue weighted by Crippen LogP contribution is 2.28. The predicted octanol–water partition coefficient (Wildman–Crippen LogP) is 3.16. The van der Waals surface area contributed by atoms with Crippen LogP contribution in [0.4, 0.5) is 5.69 Å². The van der Waals surface area contributed by atoms with Crippen LogP contribution >= 0.6 is 0 Å². The van der Waals surface area contributed by atoms with Gasteiger partial charge in [0.05, 0.1) is 10.6 Å². The van der Waals surface area contributed by atoms with Crippen LogP contribution in [0.3, 0.4) is 0 Å². The van der Waals surface area contributed by atoms with Gasteiger partial charge < -0.3 is 4.74 Å². The average Bonchev–Trinajstić information content (AvgIpc) is 3.54. The van der Waals surface area contributed by atoms with Gasteiger partial charge in [-0.3, -0.25) is 15.6 Å². The lowest BCUT2D eigenvalue weighted by atomic mass is 9.98. The summed E-state index contributed by atoms with van der Waals surface area (Å²) in [6.45, 7) is 4.10. The molecule has 8 heteroatoms. The first kappa shape index (κ1) is 21.1. The van der Waals surface area contributed by atoms with E-state index >= 15 is 0 Å². The van der Waals surface area contributed by atoms with Gasteiger partial charge in [0.1, 0.15) is 5.75 Å². The third kappa shape index (κ3) is 5.95. The highest BCUT2D eigenvalue weighted by molar-refractivity contribution is 7.89. The van der Waals surface area contributed by atoms with Gasteiger partial charge in [-0.1, -0.05) is 32.0 Å². The number of hydrogen-bond acceptors (Lipinski definition) is 5. The van der Waals surface area contributed by atoms with Crippen molar-refractivity contribution in [3.63, 3.8) is 0 Å². The number of ether oxygens (including phenoxy) is 1. The molecule has 0 saturated heterocycles. The van der Waals surface area contributed by atoms with E-state index in [1.165, 1.54) is 12.1 Å². The van der Waals surface area contributed by atoms with E-state index in [-0.39, 0.29) is 23.5 Å². The number of carbonyl (C=O) groups excluding carboxylic acids is 1. The summed E-state index contributed by atoms with van der Waals surface area (Å²) in [4.78, 5) is 12.3. The number of rotatable bonds is 10. The summed E-state index contributed by atoms with van der Waals surface area (Å²) in [5.74, 6) is 0.711. The molecule has 1 atom stereocenters. The number of sulfonamides is 1. The molecule has 29 heavy (non-hydrogen) atoms. The molecule has 1 unspecified atom stereocenters. The first-order valence-electron chi connectivity index (χ1n) is 9.78. The molecule has 0 aliphatic heterocycles. The van der Waals surface area contributed by atoms with Crippen LogP contribution in [-0.2, 0) is 14.8 Å². The molecular formula is C21H27N3O4S. The number of amides is 1. The molecule has 0 radical (unpaired) electrons. The van der Waals surface area contributed by atoms with Gasteiger partial charge in [-0.05, 0) is 61.1 Å². The fraction of sp³-hybridized carbons (Fsp3) is 0.381. The first-order valence-corrected chi connectivity index (χ1v) is 11.3. The van der Waals surface area contributed by atoms with E-state index in [0.717, 1.165) is 24.8 Å². The molecule has 3 rings (SSSR count). The van der Waals surface area contributed by atoms with Crippen molar-refractivity contribution in [1.82, 2.24) is 10.1 Å². The van der Waals surface area contributed by atoms with Crippen LogP contribution in [0.15, 0.2) is 53.4 Å². The Bertz CT molecular complexity index is 941. The lowest BCUT2D eigenvalue weighted by Gasteiger charge is -2.16. The van der Waals surface area contributed by atoms with E-state index in [4.69, 9.17) is 4.74 Å². The molecule has 1 aliphatic carbocycles. The van der Waals surface area contributed by atoms with Crippen molar-refractivity contribution in [1.29, 1.82) is 0 Å². The lowest BCUT2D eigenvalue weighted by Crippen LogP contribution is -2.33. The van der Waals surface area contributed by atoms with Gasteiger partial charge in [0.15, 0.2) is 6.61 Å². The van der Waals surface area contributed by atoms with E-state index in [9.17, 15) is 13.2 Å². The number of para-hydroxylation sites is 1. The molecule has 1 fully saturated rings. The molecule has 156 valence electrons. The number of anilines is 1. The number of benzene rings is 2. The predicted molar refractivity (Wildman–Crippen MR) is 112 cm³/mol. The molecule has 0 heterocycles. The Hall–Kier alpha value is -2.58. The highest BCUT2D eigenvalue weighted by Gasteiger charge is 2.27. The smallest absolute Gasteiger partial charge is 0.276 e. The highest BCUT2D eigenvalue weighted by atomic mass is 32.2. The van der Waals surface area contributed by atoms with Gasteiger partial charge in [0.25, 0.3) is 5.91 Å². The molecule has 3 N–H and O–H groups in total. The van der Waals surface area contributed by atoms with Crippen molar-refractivity contribution < 1.29 is 17.9 Å². The summed E-state index contributed by atoms with van der Waals surface area (Å²) in [6, 6.07) is 14.0. The number of hydrogen-bond donors (Lipinski definition) is 3. The second kappa shape index (κ2) is 9.28. The van der Waals surface area contributed by atoms with Gasteiger partial charge in [0, 0.05) is 6.04 Å². The largest absolute Gasteiger partial charge is 0.483 e. The zero-order valence-electron chi connectivity index (χ0n) is 16.6. The average molecular weight is 418 g/mol. The van der Waals surface area contributed by atoms with E-state index in [2.05, 4.69) is 29.4 Å². The molecule has 0 aromatic heterocycles. The molecule has 0 bridgehead atoms. The van der Waals surface area contributed by atoms with Crippen molar-refractivity contribution in [2.75, 3.05) is 12.0 Å². The Kier molecular flexibility index (Phi) is 6.76. The number of carbonyl (C=O) groups is 1. The third-order valence-corrected chi connectivity index (χ3v) is 6.37. The summed E-state index contributed by atoms with van der Waals surface area (Å²) in [5, 5.41) is 0. The fourth-order valence-corrected chi connectivity index (χ4v) is 4.07. The maximum absolute atomic E-state index is 12.2. The summed E-state index contributed by atoms with van der Waals surface area (Å²) in [5.41, 5.74) is 6.97. The standard InChI is InChI=1S/C21H27N3O4S/c1-3-15(2)19-6-4-5-7-20(19)28-14-21(25)23-22-16-10-12-18(13-11-16)29(26,27)24-17-8-9-17/h4-7,10-13,15,17,22,24H,3,8-9,14H2,1-2H3,(H,23,25). The van der Waals surface area contributed by atoms with Crippen LogP contribution in [0.2, 0.25) is 0 Å². The topological polar surface area (TPSA) is 96.5 Å². The van der Waals surface area contributed by atoms with E-state index in [1.54, 1.807) is 12.1 Å². The van der Waals surface area contributed by atoms with E-state index in [1.807, 2.05) is 24.3 Å². The van der Waals surface area contributed by atoms with Crippen LogP contribution in [0.1, 0.15) is 44.6 Å². The Labute approximate surface area is 171 Å². The maximum Gasteiger partial charge on any atom is 0.276 e. The fourth-order valence-electron chi connectivity index (χ4n) is 2.77. The summed E-state index contributed by atoms with van der Waals surface area (Å²) < 4.78 is 32.6. The molecule has 1 amide bonds. The number of hydrazine groups is 1. The second-order valence-electron chi connectivity index (χ2n) is 7.23. The Morgan fingerprint density at radius 3 is 2.48 bits per heavy atom. The molecule has 0 spiro atoms. The van der Waals surface area contributed by atoms with Crippen molar-refractivity contribution in [3.05, 3.63) is 54.1 Å². The summed E-state index contributed by atoms with van der Waals surface area (Å²) in [6.07, 6.45) is 2.75. The maximum atomic E-state index is 12.2. The Morgan fingerprint density at radius 2 is 1.83 bits per heavy atom. The van der Waals surface area contributed by atoms with Crippen molar-refractivity contribution in [2.45, 2.75) is 50.0 Å². The summed E-state index contributed by atoms with van der Waals surface area (Å²) in [7, 11) is -3.48. The second-order valence-corrected chi connectivity index (χ2v) is 8.94. The van der Waals surface area contributed by atoms with Crippen LogP contribution in [0.5, 0.6) is 5.75 Å². The zero-order valence-corrected chi connectivity index (χ0v) is 17.5. The van der Waals surface area contributed by atoms with Crippen LogP contribution in [0.25, 0.3) is 0 Å². The first-order chi connectivity index (χ1) is 13.9. The minimum absolute atomic E-state index is 0.0579. The molecule has 7 nitrogen and oxygen atoms in total. The zero-order chi connectivity index (χ0) is 20.9. The van der Waals surface area contributed by atoms with Crippen molar-refractivity contribution in [3.8, 4) is 5.75 Å². The van der Waals surface area contributed by atoms with Gasteiger partial charge in [-0.15, -0.1) is 0 Å². The van der Waals surface area contributed by atoms with E-state index in [0.29, 0.717) is 17.4 Å². The molecule has 2 aromatic rings. The molecular weight excluding hydrogens is 390 g/mol. The van der Waals surface area contributed by atoms with Gasteiger partial charge >= 0.3 is 0 Å². The van der Waals surface area contributed by atoms with Gasteiger partial charge in [-0.25, -0.2) is 13.1 Å². The SMILES string of the molecule is CCC(C)c1ccccc1OCC(=O)NNc1ccc(S(=O)(=O)NC2CC2)cc1. The number of nitrogens with one attached hydrogen (secondary N) is 3. The van der Waals surface area contributed by atoms with Gasteiger partial charge in [-0.2, -0.15) is 0 Å². The minimum atomic E-state index is -3.48. The summed E-state index contributed by atoms with van der Waals surface area (Å²) >= 11 is 0. The third-order valence-electron chi connectivity index (χ3n) is 4.83. The van der Waals surface area contributed by atoms with Crippen LogP contribution < -0.4 is 20.3 Å². The molecule has 1 saturated carbocycles. The normalized spacial score (nSPS) is 14.8.